The summed E-state index contributed by atoms with van der Waals surface area (Å²) < 4.78 is 11.1. The van der Waals surface area contributed by atoms with Gasteiger partial charge in [0.25, 0.3) is 5.91 Å². The smallest absolute Gasteiger partial charge is 0.309 e. The van der Waals surface area contributed by atoms with Gasteiger partial charge in [-0.25, -0.2) is 9.97 Å². The number of nitrogens with zero attached hydrogens (tertiary/aromatic N) is 3. The molecule has 0 saturated carbocycles. The lowest BCUT2D eigenvalue weighted by molar-refractivity contribution is -0.384. The van der Waals surface area contributed by atoms with Crippen LogP contribution in [0.5, 0.6) is 0 Å². The Labute approximate surface area is 148 Å². The Morgan fingerprint density at radius 2 is 2.27 bits per heavy atom. The number of hydrogen-bond donors (Lipinski definition) is 2. The lowest BCUT2D eigenvalue weighted by Gasteiger charge is -2.29. The second kappa shape index (κ2) is 6.81. The van der Waals surface area contributed by atoms with E-state index >= 15 is 0 Å². The molecule has 4 heterocycles. The molecule has 26 heavy (non-hydrogen) atoms. The highest BCUT2D eigenvalue weighted by molar-refractivity contribution is 6.03. The minimum absolute atomic E-state index is 0.0663. The third-order valence-electron chi connectivity index (χ3n) is 4.60. The molecule has 2 atom stereocenters. The highest BCUT2D eigenvalue weighted by Gasteiger charge is 2.39. The molecule has 10 nitrogen and oxygen atoms in total. The first-order valence-electron chi connectivity index (χ1n) is 8.29. The number of fused-ring (bicyclic) bond motifs is 1. The molecule has 10 heteroatoms. The molecule has 4 rings (SSSR count). The first-order valence-corrected chi connectivity index (χ1v) is 8.29. The van der Waals surface area contributed by atoms with E-state index in [0.717, 1.165) is 0 Å². The molecule has 1 fully saturated rings. The number of carbonyl (C=O) groups excluding carboxylic acids is 1. The van der Waals surface area contributed by atoms with Gasteiger partial charge in [0.2, 0.25) is 0 Å². The number of ether oxygens (including phenoxy) is 2. The number of rotatable bonds is 4. The van der Waals surface area contributed by atoms with E-state index in [9.17, 15) is 14.9 Å². The van der Waals surface area contributed by atoms with Crippen molar-refractivity contribution < 1.29 is 19.2 Å². The summed E-state index contributed by atoms with van der Waals surface area (Å²) in [6.07, 6.45) is 3.29. The highest BCUT2D eigenvalue weighted by atomic mass is 16.6. The summed E-state index contributed by atoms with van der Waals surface area (Å²) in [5.74, 6) is -0.594. The second-order valence-corrected chi connectivity index (χ2v) is 6.20. The van der Waals surface area contributed by atoms with Gasteiger partial charge in [-0.15, -0.1) is 0 Å². The van der Waals surface area contributed by atoms with Crippen LogP contribution in [0.15, 0.2) is 18.6 Å². The van der Waals surface area contributed by atoms with Crippen LogP contribution >= 0.6 is 0 Å². The van der Waals surface area contributed by atoms with Gasteiger partial charge in [-0.2, -0.15) is 0 Å². The summed E-state index contributed by atoms with van der Waals surface area (Å²) in [6, 6.07) is 1.56. The fourth-order valence-corrected chi connectivity index (χ4v) is 3.45. The highest BCUT2D eigenvalue weighted by Crippen LogP contribution is 2.40. The average molecular weight is 359 g/mol. The van der Waals surface area contributed by atoms with E-state index in [1.54, 1.807) is 6.07 Å². The van der Waals surface area contributed by atoms with E-state index in [1.165, 1.54) is 12.5 Å². The molecule has 2 aliphatic heterocycles. The summed E-state index contributed by atoms with van der Waals surface area (Å²) >= 11 is 0. The molecule has 0 bridgehead atoms. The summed E-state index contributed by atoms with van der Waals surface area (Å²) in [7, 11) is 0. The minimum Gasteiger partial charge on any atom is -0.376 e. The average Bonchev–Trinajstić information content (AvgIpc) is 3.08. The molecule has 2 aromatic heterocycles. The number of nitrogens with one attached hydrogen (secondary N) is 2. The normalized spacial score (nSPS) is 22.5. The van der Waals surface area contributed by atoms with Crippen molar-refractivity contribution in [2.45, 2.75) is 18.4 Å². The van der Waals surface area contributed by atoms with Crippen molar-refractivity contribution in [3.05, 3.63) is 40.0 Å². The number of nitro groups is 1. The summed E-state index contributed by atoms with van der Waals surface area (Å²) in [4.78, 5) is 34.5. The van der Waals surface area contributed by atoms with Crippen molar-refractivity contribution in [2.24, 2.45) is 0 Å². The Bertz CT molecular complexity index is 831. The van der Waals surface area contributed by atoms with Gasteiger partial charge in [0.05, 0.1) is 36.5 Å². The number of carbonyl (C=O) groups is 1. The van der Waals surface area contributed by atoms with Crippen LogP contribution in [0.4, 0.5) is 5.69 Å². The standard InChI is InChI=1S/C16H17N5O5/c22-16-12-13(9(6-18-16)5-10-7-25-3-4-26-10)20-14(15(12)21(23)24)11-1-2-17-8-19-11/h1-2,8-10,20H,3-7H2,(H,18,22)/t9?,10-/m1/s1. The molecule has 136 valence electrons. The fourth-order valence-electron chi connectivity index (χ4n) is 3.45. The first-order chi connectivity index (χ1) is 12.6. The summed E-state index contributed by atoms with van der Waals surface area (Å²) in [6.45, 7) is 1.94. The Hall–Kier alpha value is -2.85. The van der Waals surface area contributed by atoms with E-state index in [-0.39, 0.29) is 29.0 Å². The van der Waals surface area contributed by atoms with Crippen LogP contribution in [0.2, 0.25) is 0 Å². The molecule has 0 aliphatic carbocycles. The number of H-pyrrole nitrogens is 1. The molecular weight excluding hydrogens is 342 g/mol. The largest absolute Gasteiger partial charge is 0.376 e. The van der Waals surface area contributed by atoms with Crippen molar-refractivity contribution in [3.8, 4) is 11.4 Å². The third-order valence-corrected chi connectivity index (χ3v) is 4.60. The number of amides is 1. The molecule has 1 saturated heterocycles. The van der Waals surface area contributed by atoms with Crippen LogP contribution in [0.1, 0.15) is 28.4 Å². The topological polar surface area (TPSA) is 132 Å². The third kappa shape index (κ3) is 2.93. The first kappa shape index (κ1) is 16.6. The van der Waals surface area contributed by atoms with Crippen LogP contribution < -0.4 is 5.32 Å². The molecule has 1 unspecified atom stereocenters. The number of aromatic amines is 1. The quantitative estimate of drug-likeness (QED) is 0.615. The number of aromatic nitrogens is 3. The van der Waals surface area contributed by atoms with Gasteiger partial charge >= 0.3 is 5.69 Å². The molecule has 2 aliphatic rings. The second-order valence-electron chi connectivity index (χ2n) is 6.20. The zero-order valence-corrected chi connectivity index (χ0v) is 13.8. The van der Waals surface area contributed by atoms with Gasteiger partial charge in [-0.1, -0.05) is 0 Å². The van der Waals surface area contributed by atoms with E-state index in [1.807, 2.05) is 0 Å². The zero-order valence-electron chi connectivity index (χ0n) is 13.8. The summed E-state index contributed by atoms with van der Waals surface area (Å²) in [5, 5.41) is 14.4. The molecule has 0 radical (unpaired) electrons. The minimum atomic E-state index is -0.547. The van der Waals surface area contributed by atoms with Crippen molar-refractivity contribution >= 4 is 11.6 Å². The Morgan fingerprint density at radius 1 is 1.38 bits per heavy atom. The molecule has 1 amide bonds. The maximum absolute atomic E-state index is 12.4. The zero-order chi connectivity index (χ0) is 18.1. The Balaban J connectivity index is 1.76. The van der Waals surface area contributed by atoms with Gasteiger partial charge in [0.15, 0.2) is 0 Å². The predicted molar refractivity (Wildman–Crippen MR) is 88.7 cm³/mol. The van der Waals surface area contributed by atoms with E-state index in [4.69, 9.17) is 9.47 Å². The fraction of sp³-hybridized carbons (Fsp3) is 0.438. The van der Waals surface area contributed by atoms with Gasteiger partial charge in [-0.3, -0.25) is 14.9 Å². The van der Waals surface area contributed by atoms with Crippen LogP contribution in [0, 0.1) is 10.1 Å². The van der Waals surface area contributed by atoms with Crippen LogP contribution in [-0.4, -0.2) is 58.3 Å². The van der Waals surface area contributed by atoms with Crippen LogP contribution in [0.3, 0.4) is 0 Å². The molecular formula is C16H17N5O5. The van der Waals surface area contributed by atoms with Crippen molar-refractivity contribution in [1.82, 2.24) is 20.3 Å². The van der Waals surface area contributed by atoms with Gasteiger partial charge in [0.1, 0.15) is 17.6 Å². The SMILES string of the molecule is O=C1NCC(C[C@@H]2COCCO2)c2[nH]c(-c3ccncn3)c([N+](=O)[O-])c21. The van der Waals surface area contributed by atoms with E-state index in [0.29, 0.717) is 44.2 Å². The monoisotopic (exact) mass is 359 g/mol. The molecule has 0 aromatic carbocycles. The van der Waals surface area contributed by atoms with Crippen LogP contribution in [0.25, 0.3) is 11.4 Å². The van der Waals surface area contributed by atoms with Crippen molar-refractivity contribution in [2.75, 3.05) is 26.4 Å². The van der Waals surface area contributed by atoms with Crippen LogP contribution in [-0.2, 0) is 9.47 Å². The maximum Gasteiger partial charge on any atom is 0.309 e. The number of hydrogen-bond acceptors (Lipinski definition) is 7. The summed E-state index contributed by atoms with van der Waals surface area (Å²) in [5.41, 5.74) is 0.928. The lowest BCUT2D eigenvalue weighted by atomic mass is 9.91. The van der Waals surface area contributed by atoms with Gasteiger partial charge in [-0.05, 0) is 12.5 Å². The molecule has 2 aromatic rings. The molecule has 0 spiro atoms. The van der Waals surface area contributed by atoms with Crippen molar-refractivity contribution in [1.29, 1.82) is 0 Å². The Kier molecular flexibility index (Phi) is 4.35. The van der Waals surface area contributed by atoms with Gasteiger partial charge in [0, 0.05) is 24.4 Å². The lowest BCUT2D eigenvalue weighted by Crippen LogP contribution is -2.38. The maximum atomic E-state index is 12.4. The Morgan fingerprint density at radius 3 is 2.96 bits per heavy atom. The molecule has 2 N–H and O–H groups in total. The predicted octanol–water partition coefficient (Wildman–Crippen LogP) is 1.01. The van der Waals surface area contributed by atoms with E-state index in [2.05, 4.69) is 20.3 Å². The van der Waals surface area contributed by atoms with Crippen molar-refractivity contribution in [3.63, 3.8) is 0 Å². The van der Waals surface area contributed by atoms with E-state index < -0.39 is 10.8 Å². The van der Waals surface area contributed by atoms with Gasteiger partial charge < -0.3 is 19.8 Å².